The maximum atomic E-state index is 14.3. The fourth-order valence-corrected chi connectivity index (χ4v) is 5.93. The average Bonchev–Trinajstić information content (AvgIpc) is 3.73. The zero-order valence-corrected chi connectivity index (χ0v) is 24.0. The van der Waals surface area contributed by atoms with E-state index >= 15 is 0 Å². The summed E-state index contributed by atoms with van der Waals surface area (Å²) < 4.78 is 5.51. The van der Waals surface area contributed by atoms with Crippen LogP contribution < -0.4 is 10.1 Å². The molecule has 2 fully saturated rings. The fraction of sp³-hybridized carbons (Fsp3) is 0.286. The number of hydrogen-bond donors (Lipinski definition) is 1. The van der Waals surface area contributed by atoms with Gasteiger partial charge in [-0.05, 0) is 85.2 Å². The van der Waals surface area contributed by atoms with Gasteiger partial charge in [0.25, 0.3) is 5.91 Å². The van der Waals surface area contributed by atoms with E-state index in [1.807, 2.05) is 65.6 Å². The topological polar surface area (TPSA) is 81.5 Å². The number of carbonyl (C=O) groups excluding carboxylic acids is 1. The number of pyridine rings is 1. The number of benzene rings is 3. The molecule has 0 aliphatic carbocycles. The number of aromatic nitrogens is 1. The van der Waals surface area contributed by atoms with E-state index in [4.69, 9.17) is 9.72 Å². The van der Waals surface area contributed by atoms with Crippen LogP contribution in [0.5, 0.6) is 5.75 Å². The number of anilines is 1. The van der Waals surface area contributed by atoms with Gasteiger partial charge in [0.1, 0.15) is 11.6 Å². The molecule has 2 aliphatic heterocycles. The van der Waals surface area contributed by atoms with E-state index in [-0.39, 0.29) is 5.91 Å². The highest BCUT2D eigenvalue weighted by atomic mass is 16.5. The van der Waals surface area contributed by atoms with Crippen LogP contribution in [0.25, 0.3) is 22.0 Å². The second-order valence-corrected chi connectivity index (χ2v) is 10.9. The summed E-state index contributed by atoms with van der Waals surface area (Å²) in [6, 6.07) is 25.7. The lowest BCUT2D eigenvalue weighted by Crippen LogP contribution is -2.28. The number of rotatable bonds is 8. The van der Waals surface area contributed by atoms with Crippen molar-refractivity contribution < 1.29 is 9.53 Å². The Balaban J connectivity index is 1.35. The summed E-state index contributed by atoms with van der Waals surface area (Å²) in [6.45, 7) is 3.48. The zero-order valence-electron chi connectivity index (χ0n) is 24.0. The Morgan fingerprint density at radius 2 is 1.79 bits per heavy atom. The molecule has 1 amide bonds. The number of fused-ring (bicyclic) bond motifs is 1. The van der Waals surface area contributed by atoms with E-state index in [0.29, 0.717) is 30.0 Å². The van der Waals surface area contributed by atoms with Gasteiger partial charge in [-0.2, -0.15) is 5.26 Å². The molecule has 7 heteroatoms. The Hall–Kier alpha value is -4.83. The van der Waals surface area contributed by atoms with Crippen molar-refractivity contribution in [3.63, 3.8) is 0 Å². The zero-order chi connectivity index (χ0) is 28.9. The number of likely N-dealkylation sites (tertiary alicyclic amines) is 2. The third kappa shape index (κ3) is 5.80. The molecule has 3 aromatic carbocycles. The summed E-state index contributed by atoms with van der Waals surface area (Å²) in [5.74, 6) is 1.55. The van der Waals surface area contributed by atoms with Gasteiger partial charge in [0.2, 0.25) is 0 Å². The summed E-state index contributed by atoms with van der Waals surface area (Å²) >= 11 is 0. The third-order valence-corrected chi connectivity index (χ3v) is 8.16. The van der Waals surface area contributed by atoms with Crippen LogP contribution in [0.15, 0.2) is 84.7 Å². The minimum absolute atomic E-state index is 0.00936. The SMILES string of the molecule is COc1ccccc1CCNc1cc(C(=O)N2CCC/C2=C\N2CCCC2)c2cc(-c3ccc(C#N)cc3)ccc2n1. The number of nitrogens with one attached hydrogen (secondary N) is 1. The molecular formula is C35H35N5O2. The van der Waals surface area contributed by atoms with Crippen LogP contribution in [0.1, 0.15) is 47.2 Å². The lowest BCUT2D eigenvalue weighted by Gasteiger charge is -2.22. The first-order valence-electron chi connectivity index (χ1n) is 14.7. The van der Waals surface area contributed by atoms with Gasteiger partial charge in [-0.1, -0.05) is 36.4 Å². The van der Waals surface area contributed by atoms with Crippen LogP contribution in [0, 0.1) is 11.3 Å². The largest absolute Gasteiger partial charge is 0.496 e. The van der Waals surface area contributed by atoms with E-state index < -0.39 is 0 Å². The smallest absolute Gasteiger partial charge is 0.258 e. The van der Waals surface area contributed by atoms with Gasteiger partial charge < -0.3 is 19.9 Å². The standard InChI is InChI=1S/C35H35N5O2/c1-42-33-9-3-2-7-27(33)16-17-37-34-22-31(35(41)40-20-6-8-29(40)24-39-18-4-5-19-39)30-21-28(14-15-32(30)38-34)26-12-10-25(23-36)11-13-26/h2-3,7,9-15,21-22,24H,4-6,8,16-20H2,1H3,(H,37,38)/b29-24+. The molecule has 7 nitrogen and oxygen atoms in total. The Kier molecular flexibility index (Phi) is 8.05. The molecule has 6 rings (SSSR count). The predicted molar refractivity (Wildman–Crippen MR) is 166 cm³/mol. The number of para-hydroxylation sites is 1. The Bertz CT molecular complexity index is 1670. The quantitative estimate of drug-likeness (QED) is 0.263. The summed E-state index contributed by atoms with van der Waals surface area (Å²) in [5, 5.41) is 13.5. The second kappa shape index (κ2) is 12.4. The average molecular weight is 558 g/mol. The molecule has 2 aliphatic rings. The van der Waals surface area contributed by atoms with E-state index in [1.165, 1.54) is 12.8 Å². The van der Waals surface area contributed by atoms with E-state index in [9.17, 15) is 10.1 Å². The van der Waals surface area contributed by atoms with Crippen molar-refractivity contribution in [2.75, 3.05) is 38.6 Å². The van der Waals surface area contributed by atoms with Crippen LogP contribution in [0.4, 0.5) is 5.82 Å². The van der Waals surface area contributed by atoms with Crippen molar-refractivity contribution in [1.82, 2.24) is 14.8 Å². The first-order chi connectivity index (χ1) is 20.6. The summed E-state index contributed by atoms with van der Waals surface area (Å²) in [5.41, 5.74) is 6.21. The van der Waals surface area contributed by atoms with Crippen molar-refractivity contribution in [3.05, 3.63) is 101 Å². The fourth-order valence-electron chi connectivity index (χ4n) is 5.93. The van der Waals surface area contributed by atoms with Crippen LogP contribution in [-0.4, -0.2) is 54.0 Å². The third-order valence-electron chi connectivity index (χ3n) is 8.16. The number of nitrogens with zero attached hydrogens (tertiary/aromatic N) is 4. The summed E-state index contributed by atoms with van der Waals surface area (Å²) in [7, 11) is 1.69. The van der Waals surface area contributed by atoms with Gasteiger partial charge in [-0.3, -0.25) is 4.79 Å². The van der Waals surface area contributed by atoms with Gasteiger partial charge in [0.05, 0.1) is 29.8 Å². The number of allylic oxidation sites excluding steroid dienone is 1. The maximum absolute atomic E-state index is 14.3. The first-order valence-corrected chi connectivity index (χ1v) is 14.7. The predicted octanol–water partition coefficient (Wildman–Crippen LogP) is 6.61. The molecule has 0 unspecified atom stereocenters. The number of carbonyl (C=O) groups is 1. The molecule has 0 spiro atoms. The Morgan fingerprint density at radius 1 is 1.00 bits per heavy atom. The van der Waals surface area contributed by atoms with Gasteiger partial charge >= 0.3 is 0 Å². The van der Waals surface area contributed by atoms with Gasteiger partial charge in [0, 0.05) is 43.5 Å². The van der Waals surface area contributed by atoms with Gasteiger partial charge in [-0.25, -0.2) is 4.98 Å². The second-order valence-electron chi connectivity index (χ2n) is 10.9. The maximum Gasteiger partial charge on any atom is 0.258 e. The Labute approximate surface area is 247 Å². The van der Waals surface area contributed by atoms with Gasteiger partial charge in [-0.15, -0.1) is 0 Å². The molecule has 0 saturated carbocycles. The molecule has 212 valence electrons. The lowest BCUT2D eigenvalue weighted by molar-refractivity contribution is 0.0825. The first kappa shape index (κ1) is 27.3. The van der Waals surface area contributed by atoms with Crippen molar-refractivity contribution in [2.45, 2.75) is 32.1 Å². The lowest BCUT2D eigenvalue weighted by atomic mass is 9.99. The number of nitriles is 1. The highest BCUT2D eigenvalue weighted by Gasteiger charge is 2.27. The van der Waals surface area contributed by atoms with Crippen LogP contribution >= 0.6 is 0 Å². The van der Waals surface area contributed by atoms with E-state index in [1.54, 1.807) is 7.11 Å². The molecular weight excluding hydrogens is 522 g/mol. The molecule has 1 aromatic heterocycles. The van der Waals surface area contributed by atoms with Crippen molar-refractivity contribution >= 4 is 22.6 Å². The number of hydrogen-bond acceptors (Lipinski definition) is 6. The molecule has 42 heavy (non-hydrogen) atoms. The van der Waals surface area contributed by atoms with Crippen LogP contribution in [-0.2, 0) is 6.42 Å². The summed E-state index contributed by atoms with van der Waals surface area (Å²) in [6.07, 6.45) is 7.25. The number of amides is 1. The van der Waals surface area contributed by atoms with Crippen molar-refractivity contribution in [2.24, 2.45) is 0 Å². The molecule has 2 saturated heterocycles. The highest BCUT2D eigenvalue weighted by Crippen LogP contribution is 2.32. The molecule has 0 radical (unpaired) electrons. The van der Waals surface area contributed by atoms with Crippen LogP contribution in [0.2, 0.25) is 0 Å². The molecule has 1 N–H and O–H groups in total. The van der Waals surface area contributed by atoms with Crippen molar-refractivity contribution in [1.29, 1.82) is 5.26 Å². The number of ether oxygens (including phenoxy) is 1. The highest BCUT2D eigenvalue weighted by molar-refractivity contribution is 6.08. The molecule has 0 bridgehead atoms. The molecule has 4 aromatic rings. The number of methoxy groups -OCH3 is 1. The summed E-state index contributed by atoms with van der Waals surface area (Å²) in [4.78, 5) is 23.5. The van der Waals surface area contributed by atoms with E-state index in [0.717, 1.165) is 71.4 Å². The Morgan fingerprint density at radius 3 is 2.57 bits per heavy atom. The van der Waals surface area contributed by atoms with Gasteiger partial charge in [0.15, 0.2) is 0 Å². The molecule has 0 atom stereocenters. The van der Waals surface area contributed by atoms with Crippen molar-refractivity contribution in [3.8, 4) is 22.9 Å². The normalized spacial score (nSPS) is 15.8. The molecule has 3 heterocycles. The minimum Gasteiger partial charge on any atom is -0.496 e. The van der Waals surface area contributed by atoms with E-state index in [2.05, 4.69) is 34.6 Å². The monoisotopic (exact) mass is 557 g/mol. The van der Waals surface area contributed by atoms with Crippen LogP contribution in [0.3, 0.4) is 0 Å². The minimum atomic E-state index is 0.00936.